The molecule has 0 saturated heterocycles. The van der Waals surface area contributed by atoms with Crippen LogP contribution < -0.4 is 10.6 Å². The molecular formula is C17H32N4. The number of aromatic nitrogens is 2. The fourth-order valence-electron chi connectivity index (χ4n) is 2.37. The van der Waals surface area contributed by atoms with E-state index in [0.29, 0.717) is 17.8 Å². The summed E-state index contributed by atoms with van der Waals surface area (Å²) in [5.41, 5.74) is 1.07. The second-order valence-corrected chi connectivity index (χ2v) is 7.55. The van der Waals surface area contributed by atoms with Gasteiger partial charge in [-0.05, 0) is 50.7 Å². The first-order chi connectivity index (χ1) is 9.69. The van der Waals surface area contributed by atoms with Crippen LogP contribution in [0.5, 0.6) is 0 Å². The van der Waals surface area contributed by atoms with Crippen LogP contribution in [0.15, 0.2) is 12.1 Å². The normalized spacial score (nSPS) is 12.5. The van der Waals surface area contributed by atoms with Crippen molar-refractivity contribution in [3.63, 3.8) is 0 Å². The Morgan fingerprint density at radius 3 is 2.05 bits per heavy atom. The van der Waals surface area contributed by atoms with Crippen LogP contribution in [0.3, 0.4) is 0 Å². The van der Waals surface area contributed by atoms with Crippen LogP contribution in [-0.4, -0.2) is 22.3 Å². The van der Waals surface area contributed by atoms with Crippen molar-refractivity contribution in [2.45, 2.75) is 60.5 Å². The molecule has 1 heterocycles. The number of anilines is 1. The highest BCUT2D eigenvalue weighted by Gasteiger charge is 2.17. The third kappa shape index (κ3) is 6.89. The average molecular weight is 292 g/mol. The lowest BCUT2D eigenvalue weighted by molar-refractivity contribution is 0.304. The average Bonchev–Trinajstić information content (AvgIpc) is 2.36. The van der Waals surface area contributed by atoms with Gasteiger partial charge in [-0.15, -0.1) is 5.10 Å². The van der Waals surface area contributed by atoms with Crippen molar-refractivity contribution >= 4 is 5.82 Å². The SMILES string of the molecule is CC(C)C(CNc1ccc(CNC(C)(C)C)nn1)C(C)C. The maximum atomic E-state index is 4.27. The van der Waals surface area contributed by atoms with Crippen LogP contribution >= 0.6 is 0 Å². The zero-order chi connectivity index (χ0) is 16.0. The first-order valence-electron chi connectivity index (χ1n) is 8.00. The van der Waals surface area contributed by atoms with E-state index in [2.05, 4.69) is 69.3 Å². The first kappa shape index (κ1) is 17.9. The van der Waals surface area contributed by atoms with Gasteiger partial charge in [-0.25, -0.2) is 0 Å². The topological polar surface area (TPSA) is 49.8 Å². The molecule has 0 aliphatic rings. The molecule has 2 N–H and O–H groups in total. The highest BCUT2D eigenvalue weighted by molar-refractivity contribution is 5.32. The van der Waals surface area contributed by atoms with Crippen molar-refractivity contribution in [2.24, 2.45) is 17.8 Å². The Morgan fingerprint density at radius 1 is 1.00 bits per heavy atom. The van der Waals surface area contributed by atoms with Gasteiger partial charge in [-0.2, -0.15) is 5.10 Å². The van der Waals surface area contributed by atoms with Crippen molar-refractivity contribution < 1.29 is 0 Å². The molecule has 0 amide bonds. The number of hydrogen-bond acceptors (Lipinski definition) is 4. The van der Waals surface area contributed by atoms with E-state index in [4.69, 9.17) is 0 Å². The molecule has 0 unspecified atom stereocenters. The molecule has 0 aromatic carbocycles. The summed E-state index contributed by atoms with van der Waals surface area (Å²) < 4.78 is 0. The second kappa shape index (κ2) is 7.74. The summed E-state index contributed by atoms with van der Waals surface area (Å²) >= 11 is 0. The Bertz CT molecular complexity index is 396. The van der Waals surface area contributed by atoms with Gasteiger partial charge in [0.05, 0.1) is 5.69 Å². The Labute approximate surface area is 130 Å². The molecule has 0 atom stereocenters. The van der Waals surface area contributed by atoms with E-state index in [1.54, 1.807) is 0 Å². The lowest BCUT2D eigenvalue weighted by Gasteiger charge is -2.25. The van der Waals surface area contributed by atoms with Gasteiger partial charge in [0, 0.05) is 18.6 Å². The Balaban J connectivity index is 2.51. The highest BCUT2D eigenvalue weighted by Crippen LogP contribution is 2.20. The van der Waals surface area contributed by atoms with E-state index in [-0.39, 0.29) is 5.54 Å². The van der Waals surface area contributed by atoms with E-state index < -0.39 is 0 Å². The highest BCUT2D eigenvalue weighted by atomic mass is 15.2. The van der Waals surface area contributed by atoms with Crippen LogP contribution in [0.2, 0.25) is 0 Å². The standard InChI is InChI=1S/C17H32N4/c1-12(2)15(13(3)4)11-18-16-9-8-14(20-21-16)10-19-17(5,6)7/h8-9,12-13,15,19H,10-11H2,1-7H3,(H,18,21). The van der Waals surface area contributed by atoms with Crippen molar-refractivity contribution in [2.75, 3.05) is 11.9 Å². The maximum Gasteiger partial charge on any atom is 0.148 e. The van der Waals surface area contributed by atoms with Gasteiger partial charge < -0.3 is 10.6 Å². The predicted octanol–water partition coefficient (Wildman–Crippen LogP) is 3.70. The third-order valence-electron chi connectivity index (χ3n) is 3.75. The minimum absolute atomic E-state index is 0.0976. The molecule has 1 aromatic heterocycles. The molecule has 1 rings (SSSR count). The van der Waals surface area contributed by atoms with Crippen molar-refractivity contribution in [3.05, 3.63) is 17.8 Å². The van der Waals surface area contributed by atoms with Gasteiger partial charge in [0.1, 0.15) is 5.82 Å². The molecular weight excluding hydrogens is 260 g/mol. The summed E-state index contributed by atoms with van der Waals surface area (Å²) in [4.78, 5) is 0. The maximum absolute atomic E-state index is 4.27. The van der Waals surface area contributed by atoms with E-state index in [0.717, 1.165) is 24.6 Å². The number of rotatable bonds is 7. The molecule has 0 aliphatic heterocycles. The summed E-state index contributed by atoms with van der Waals surface area (Å²) in [6.07, 6.45) is 0. The number of nitrogens with zero attached hydrogens (tertiary/aromatic N) is 2. The predicted molar refractivity (Wildman–Crippen MR) is 90.3 cm³/mol. The lowest BCUT2D eigenvalue weighted by Crippen LogP contribution is -2.35. The summed E-state index contributed by atoms with van der Waals surface area (Å²) in [5.74, 6) is 2.84. The van der Waals surface area contributed by atoms with Crippen LogP contribution in [0.4, 0.5) is 5.82 Å². The second-order valence-electron chi connectivity index (χ2n) is 7.55. The fraction of sp³-hybridized carbons (Fsp3) is 0.765. The van der Waals surface area contributed by atoms with Crippen LogP contribution in [0, 0.1) is 17.8 Å². The molecule has 0 fully saturated rings. The largest absolute Gasteiger partial charge is 0.368 e. The Morgan fingerprint density at radius 2 is 1.62 bits per heavy atom. The van der Waals surface area contributed by atoms with Gasteiger partial charge in [-0.3, -0.25) is 0 Å². The van der Waals surface area contributed by atoms with E-state index in [9.17, 15) is 0 Å². The van der Waals surface area contributed by atoms with Crippen LogP contribution in [-0.2, 0) is 6.54 Å². The quantitative estimate of drug-likeness (QED) is 0.804. The fourth-order valence-corrected chi connectivity index (χ4v) is 2.37. The zero-order valence-electron chi connectivity index (χ0n) is 14.7. The molecule has 0 saturated carbocycles. The van der Waals surface area contributed by atoms with E-state index >= 15 is 0 Å². The van der Waals surface area contributed by atoms with E-state index in [1.165, 1.54) is 0 Å². The van der Waals surface area contributed by atoms with E-state index in [1.807, 2.05) is 12.1 Å². The van der Waals surface area contributed by atoms with Gasteiger partial charge in [0.2, 0.25) is 0 Å². The minimum atomic E-state index is 0.0976. The van der Waals surface area contributed by atoms with Crippen LogP contribution in [0.25, 0.3) is 0 Å². The molecule has 120 valence electrons. The minimum Gasteiger partial charge on any atom is -0.368 e. The van der Waals surface area contributed by atoms with Gasteiger partial charge in [0.25, 0.3) is 0 Å². The molecule has 0 spiro atoms. The number of nitrogens with one attached hydrogen (secondary N) is 2. The molecule has 0 radical (unpaired) electrons. The number of hydrogen-bond donors (Lipinski definition) is 2. The molecule has 1 aromatic rings. The first-order valence-corrected chi connectivity index (χ1v) is 8.00. The van der Waals surface area contributed by atoms with Gasteiger partial charge in [-0.1, -0.05) is 27.7 Å². The molecule has 4 heteroatoms. The zero-order valence-corrected chi connectivity index (χ0v) is 14.7. The summed E-state index contributed by atoms with van der Waals surface area (Å²) in [6.45, 7) is 17.2. The molecule has 4 nitrogen and oxygen atoms in total. The van der Waals surface area contributed by atoms with Gasteiger partial charge >= 0.3 is 0 Å². The summed E-state index contributed by atoms with van der Waals surface area (Å²) in [5, 5.41) is 15.4. The van der Waals surface area contributed by atoms with Crippen molar-refractivity contribution in [1.82, 2.24) is 15.5 Å². The summed E-state index contributed by atoms with van der Waals surface area (Å²) in [6, 6.07) is 4.05. The van der Waals surface area contributed by atoms with Crippen molar-refractivity contribution in [3.8, 4) is 0 Å². The smallest absolute Gasteiger partial charge is 0.148 e. The molecule has 0 bridgehead atoms. The van der Waals surface area contributed by atoms with Crippen molar-refractivity contribution in [1.29, 1.82) is 0 Å². The monoisotopic (exact) mass is 292 g/mol. The molecule has 0 aliphatic carbocycles. The Kier molecular flexibility index (Phi) is 6.59. The summed E-state index contributed by atoms with van der Waals surface area (Å²) in [7, 11) is 0. The third-order valence-corrected chi connectivity index (χ3v) is 3.75. The van der Waals surface area contributed by atoms with Gasteiger partial charge in [0.15, 0.2) is 0 Å². The Hall–Kier alpha value is -1.16. The molecule has 21 heavy (non-hydrogen) atoms. The van der Waals surface area contributed by atoms with Crippen LogP contribution in [0.1, 0.15) is 54.2 Å². The lowest BCUT2D eigenvalue weighted by atomic mass is 9.85.